The maximum absolute atomic E-state index is 5.82. The van der Waals surface area contributed by atoms with E-state index < -0.39 is 0 Å². The van der Waals surface area contributed by atoms with E-state index in [1.165, 1.54) is 22.3 Å². The van der Waals surface area contributed by atoms with Gasteiger partial charge in [-0.3, -0.25) is 0 Å². The molecule has 29 heavy (non-hydrogen) atoms. The van der Waals surface area contributed by atoms with Crippen LogP contribution < -0.4 is 0 Å². The van der Waals surface area contributed by atoms with Gasteiger partial charge in [0.05, 0.1) is 6.42 Å². The number of rotatable bonds is 6. The number of aromatic nitrogens is 2. The van der Waals surface area contributed by atoms with Crippen molar-refractivity contribution in [2.45, 2.75) is 26.2 Å². The van der Waals surface area contributed by atoms with E-state index in [-0.39, 0.29) is 0 Å². The van der Waals surface area contributed by atoms with Gasteiger partial charge in [0.1, 0.15) is 0 Å². The maximum Gasteiger partial charge on any atom is 0.240 e. The molecule has 0 aliphatic heterocycles. The molecular formula is C26H24N2O. The van der Waals surface area contributed by atoms with E-state index in [4.69, 9.17) is 4.42 Å². The SMILES string of the molecule is CC(C)c1ccccc1C=Cc1nnc(Cc2ccc(-c3ccccc3)cc2)o1. The average Bonchev–Trinajstić information content (AvgIpc) is 3.21. The molecule has 0 spiro atoms. The van der Waals surface area contributed by atoms with E-state index in [1.54, 1.807) is 0 Å². The first kappa shape index (κ1) is 18.9. The van der Waals surface area contributed by atoms with Gasteiger partial charge in [-0.05, 0) is 39.8 Å². The third-order valence-corrected chi connectivity index (χ3v) is 4.92. The molecule has 3 nitrogen and oxygen atoms in total. The van der Waals surface area contributed by atoms with Crippen LogP contribution in [-0.2, 0) is 6.42 Å². The van der Waals surface area contributed by atoms with E-state index in [2.05, 4.69) is 90.8 Å². The van der Waals surface area contributed by atoms with Crippen molar-refractivity contribution in [2.75, 3.05) is 0 Å². The van der Waals surface area contributed by atoms with Gasteiger partial charge >= 0.3 is 0 Å². The van der Waals surface area contributed by atoms with Gasteiger partial charge in [0.25, 0.3) is 0 Å². The van der Waals surface area contributed by atoms with Crippen molar-refractivity contribution in [3.8, 4) is 11.1 Å². The summed E-state index contributed by atoms with van der Waals surface area (Å²) in [5, 5.41) is 8.36. The zero-order chi connectivity index (χ0) is 20.1. The molecule has 0 fully saturated rings. The van der Waals surface area contributed by atoms with Crippen LogP contribution in [0.15, 0.2) is 83.3 Å². The second-order valence-electron chi connectivity index (χ2n) is 7.39. The fourth-order valence-corrected chi connectivity index (χ4v) is 3.38. The van der Waals surface area contributed by atoms with Crippen LogP contribution in [0.1, 0.15) is 48.2 Å². The second kappa shape index (κ2) is 8.70. The zero-order valence-electron chi connectivity index (χ0n) is 16.7. The van der Waals surface area contributed by atoms with E-state index in [0.29, 0.717) is 24.1 Å². The molecule has 4 rings (SSSR count). The van der Waals surface area contributed by atoms with Crippen molar-refractivity contribution >= 4 is 12.2 Å². The summed E-state index contributed by atoms with van der Waals surface area (Å²) < 4.78 is 5.82. The molecule has 3 aromatic carbocycles. The lowest BCUT2D eigenvalue weighted by Crippen LogP contribution is -1.90. The Morgan fingerprint density at radius 2 is 1.45 bits per heavy atom. The minimum atomic E-state index is 0.466. The molecule has 3 heteroatoms. The monoisotopic (exact) mass is 380 g/mol. The Balaban J connectivity index is 1.45. The van der Waals surface area contributed by atoms with Crippen molar-refractivity contribution in [1.82, 2.24) is 10.2 Å². The summed E-state index contributed by atoms with van der Waals surface area (Å²) in [6, 6.07) is 27.2. The lowest BCUT2D eigenvalue weighted by molar-refractivity contribution is 0.496. The van der Waals surface area contributed by atoms with Crippen molar-refractivity contribution in [1.29, 1.82) is 0 Å². The highest BCUT2D eigenvalue weighted by molar-refractivity contribution is 5.68. The zero-order valence-corrected chi connectivity index (χ0v) is 16.7. The van der Waals surface area contributed by atoms with Gasteiger partial charge in [0.15, 0.2) is 0 Å². The molecule has 0 saturated heterocycles. The predicted molar refractivity (Wildman–Crippen MR) is 118 cm³/mol. The van der Waals surface area contributed by atoms with Crippen LogP contribution in [0.3, 0.4) is 0 Å². The maximum atomic E-state index is 5.82. The summed E-state index contributed by atoms with van der Waals surface area (Å²) in [7, 11) is 0. The fraction of sp³-hybridized carbons (Fsp3) is 0.154. The summed E-state index contributed by atoms with van der Waals surface area (Å²) in [4.78, 5) is 0. The van der Waals surface area contributed by atoms with Crippen molar-refractivity contribution in [2.24, 2.45) is 0 Å². The molecule has 0 bridgehead atoms. The molecule has 0 atom stereocenters. The molecule has 0 N–H and O–H groups in total. The summed E-state index contributed by atoms with van der Waals surface area (Å²) in [6.07, 6.45) is 4.55. The summed E-state index contributed by atoms with van der Waals surface area (Å²) in [5.74, 6) is 1.61. The molecule has 0 aliphatic carbocycles. The Morgan fingerprint density at radius 1 is 0.759 bits per heavy atom. The van der Waals surface area contributed by atoms with Crippen LogP contribution in [0.5, 0.6) is 0 Å². The minimum Gasteiger partial charge on any atom is -0.421 e. The number of hydrogen-bond acceptors (Lipinski definition) is 3. The highest BCUT2D eigenvalue weighted by atomic mass is 16.4. The number of nitrogens with zero attached hydrogens (tertiary/aromatic N) is 2. The third-order valence-electron chi connectivity index (χ3n) is 4.92. The molecule has 0 saturated carbocycles. The molecule has 0 radical (unpaired) electrons. The van der Waals surface area contributed by atoms with Gasteiger partial charge < -0.3 is 4.42 Å². The van der Waals surface area contributed by atoms with Gasteiger partial charge in [-0.25, -0.2) is 0 Å². The van der Waals surface area contributed by atoms with E-state index in [9.17, 15) is 0 Å². The van der Waals surface area contributed by atoms with Gasteiger partial charge in [0, 0.05) is 6.08 Å². The van der Waals surface area contributed by atoms with Gasteiger partial charge in [-0.2, -0.15) is 0 Å². The molecule has 0 amide bonds. The van der Waals surface area contributed by atoms with Crippen molar-refractivity contribution in [3.63, 3.8) is 0 Å². The summed E-state index contributed by atoms with van der Waals surface area (Å²) in [5.41, 5.74) is 6.05. The molecule has 1 aromatic heterocycles. The first-order valence-electron chi connectivity index (χ1n) is 9.93. The molecule has 0 unspecified atom stereocenters. The Labute approximate surface area is 171 Å². The topological polar surface area (TPSA) is 38.9 Å². The van der Waals surface area contributed by atoms with Crippen LogP contribution in [0, 0.1) is 0 Å². The van der Waals surface area contributed by atoms with Crippen molar-refractivity contribution < 1.29 is 4.42 Å². The van der Waals surface area contributed by atoms with E-state index in [0.717, 1.165) is 5.56 Å². The predicted octanol–water partition coefficient (Wildman–Crippen LogP) is 6.62. The molecule has 1 heterocycles. The first-order chi connectivity index (χ1) is 14.2. The largest absolute Gasteiger partial charge is 0.421 e. The minimum absolute atomic E-state index is 0.466. The first-order valence-corrected chi connectivity index (χ1v) is 9.93. The Bertz CT molecular complexity index is 1090. The second-order valence-corrected chi connectivity index (χ2v) is 7.39. The fourth-order valence-electron chi connectivity index (χ4n) is 3.38. The van der Waals surface area contributed by atoms with Crippen LogP contribution in [0.4, 0.5) is 0 Å². The standard InChI is InChI=1S/C26H24N2O/c1-19(2)24-11-7-6-10-23(24)16-17-25-27-28-26(29-25)18-20-12-14-22(15-13-20)21-8-4-3-5-9-21/h3-17,19H,18H2,1-2H3. The number of hydrogen-bond donors (Lipinski definition) is 0. The van der Waals surface area contributed by atoms with Crippen LogP contribution >= 0.6 is 0 Å². The quantitative estimate of drug-likeness (QED) is 0.377. The average molecular weight is 380 g/mol. The van der Waals surface area contributed by atoms with Crippen LogP contribution in [-0.4, -0.2) is 10.2 Å². The van der Waals surface area contributed by atoms with Gasteiger partial charge in [-0.15, -0.1) is 10.2 Å². The number of benzene rings is 3. The van der Waals surface area contributed by atoms with Crippen molar-refractivity contribution in [3.05, 3.63) is 107 Å². The highest BCUT2D eigenvalue weighted by Crippen LogP contribution is 2.22. The summed E-state index contributed by atoms with van der Waals surface area (Å²) >= 11 is 0. The van der Waals surface area contributed by atoms with E-state index >= 15 is 0 Å². The highest BCUT2D eigenvalue weighted by Gasteiger charge is 2.07. The molecule has 0 aliphatic rings. The normalized spacial score (nSPS) is 11.4. The smallest absolute Gasteiger partial charge is 0.240 e. The van der Waals surface area contributed by atoms with E-state index in [1.807, 2.05) is 24.3 Å². The molecular weight excluding hydrogens is 356 g/mol. The molecule has 144 valence electrons. The third kappa shape index (κ3) is 4.69. The Kier molecular flexibility index (Phi) is 5.66. The Hall–Kier alpha value is -3.46. The van der Waals surface area contributed by atoms with Crippen LogP contribution in [0.25, 0.3) is 23.3 Å². The van der Waals surface area contributed by atoms with Gasteiger partial charge in [0.2, 0.25) is 11.8 Å². The molecule has 4 aromatic rings. The van der Waals surface area contributed by atoms with Crippen LogP contribution in [0.2, 0.25) is 0 Å². The lowest BCUT2D eigenvalue weighted by Gasteiger charge is -2.08. The lowest BCUT2D eigenvalue weighted by atomic mass is 9.97. The Morgan fingerprint density at radius 3 is 2.21 bits per heavy atom. The van der Waals surface area contributed by atoms with Gasteiger partial charge in [-0.1, -0.05) is 92.7 Å². The summed E-state index contributed by atoms with van der Waals surface area (Å²) in [6.45, 7) is 4.39.